The van der Waals surface area contributed by atoms with E-state index in [1.54, 1.807) is 18.2 Å². The topological polar surface area (TPSA) is 57.0 Å². The van der Waals surface area contributed by atoms with Gasteiger partial charge in [-0.1, -0.05) is 34.5 Å². The highest BCUT2D eigenvalue weighted by Gasteiger charge is 2.11. The van der Waals surface area contributed by atoms with Crippen molar-refractivity contribution in [2.45, 2.75) is 6.54 Å². The van der Waals surface area contributed by atoms with Gasteiger partial charge in [0, 0.05) is 10.0 Å². The number of methoxy groups -OCH3 is 1. The van der Waals surface area contributed by atoms with Gasteiger partial charge < -0.3 is 4.74 Å². The van der Waals surface area contributed by atoms with Crippen molar-refractivity contribution in [1.29, 1.82) is 0 Å². The van der Waals surface area contributed by atoms with E-state index >= 15 is 0 Å². The van der Waals surface area contributed by atoms with Crippen LogP contribution in [0.1, 0.15) is 16.1 Å². The van der Waals surface area contributed by atoms with E-state index in [1.165, 1.54) is 18.0 Å². The molecular weight excluding hydrogens is 277 g/mol. The van der Waals surface area contributed by atoms with E-state index in [0.29, 0.717) is 16.6 Å². The minimum Gasteiger partial charge on any atom is -0.464 e. The van der Waals surface area contributed by atoms with Crippen LogP contribution in [0.2, 0.25) is 10.0 Å². The van der Waals surface area contributed by atoms with Gasteiger partial charge in [0.15, 0.2) is 5.69 Å². The molecule has 2 aromatic rings. The first-order valence-electron chi connectivity index (χ1n) is 5.02. The smallest absolute Gasteiger partial charge is 0.360 e. The number of ether oxygens (including phenoxy) is 1. The van der Waals surface area contributed by atoms with E-state index in [4.69, 9.17) is 23.2 Å². The average Bonchev–Trinajstić information content (AvgIpc) is 2.80. The van der Waals surface area contributed by atoms with Crippen LogP contribution in [0.4, 0.5) is 0 Å². The summed E-state index contributed by atoms with van der Waals surface area (Å²) in [5.41, 5.74) is 0.991. The Kier molecular flexibility index (Phi) is 3.84. The van der Waals surface area contributed by atoms with Crippen LogP contribution in [0.5, 0.6) is 0 Å². The Hall–Kier alpha value is -1.59. The third-order valence-corrected chi connectivity index (χ3v) is 2.87. The molecule has 18 heavy (non-hydrogen) atoms. The van der Waals surface area contributed by atoms with Gasteiger partial charge in [-0.2, -0.15) is 0 Å². The van der Waals surface area contributed by atoms with Crippen molar-refractivity contribution in [2.24, 2.45) is 0 Å². The molecule has 7 heteroatoms. The highest BCUT2D eigenvalue weighted by molar-refractivity contribution is 6.35. The van der Waals surface area contributed by atoms with Crippen molar-refractivity contribution >= 4 is 29.2 Å². The second kappa shape index (κ2) is 5.37. The molecule has 0 N–H and O–H groups in total. The van der Waals surface area contributed by atoms with E-state index in [1.807, 2.05) is 0 Å². The SMILES string of the molecule is COC(=O)c1cn(Cc2ccc(Cl)cc2Cl)nn1. The van der Waals surface area contributed by atoms with E-state index in [-0.39, 0.29) is 5.69 Å². The maximum absolute atomic E-state index is 11.2. The number of halogens is 2. The third-order valence-electron chi connectivity index (χ3n) is 2.28. The number of benzene rings is 1. The second-order valence-electron chi connectivity index (χ2n) is 3.53. The first kappa shape index (κ1) is 12.9. The van der Waals surface area contributed by atoms with Crippen LogP contribution in [-0.2, 0) is 11.3 Å². The molecule has 1 aromatic heterocycles. The van der Waals surface area contributed by atoms with Crippen LogP contribution in [0, 0.1) is 0 Å². The normalized spacial score (nSPS) is 10.4. The number of hydrogen-bond donors (Lipinski definition) is 0. The lowest BCUT2D eigenvalue weighted by Gasteiger charge is -2.03. The van der Waals surface area contributed by atoms with Crippen molar-refractivity contribution in [3.05, 3.63) is 45.7 Å². The van der Waals surface area contributed by atoms with E-state index in [0.717, 1.165) is 5.56 Å². The highest BCUT2D eigenvalue weighted by Crippen LogP contribution is 2.21. The number of hydrogen-bond acceptors (Lipinski definition) is 4. The molecule has 1 aromatic carbocycles. The Morgan fingerprint density at radius 1 is 1.44 bits per heavy atom. The lowest BCUT2D eigenvalue weighted by Crippen LogP contribution is -2.02. The monoisotopic (exact) mass is 285 g/mol. The van der Waals surface area contributed by atoms with Gasteiger partial charge in [-0.05, 0) is 17.7 Å². The van der Waals surface area contributed by atoms with Crippen molar-refractivity contribution in [2.75, 3.05) is 7.11 Å². The van der Waals surface area contributed by atoms with Crippen LogP contribution < -0.4 is 0 Å². The molecule has 0 saturated carbocycles. The van der Waals surface area contributed by atoms with Crippen molar-refractivity contribution in [1.82, 2.24) is 15.0 Å². The number of aromatic nitrogens is 3. The molecule has 0 atom stereocenters. The van der Waals surface area contributed by atoms with Gasteiger partial charge in [-0.15, -0.1) is 5.10 Å². The molecule has 0 bridgehead atoms. The minimum absolute atomic E-state index is 0.155. The van der Waals surface area contributed by atoms with Gasteiger partial charge in [0.2, 0.25) is 0 Å². The van der Waals surface area contributed by atoms with Crippen LogP contribution in [0.3, 0.4) is 0 Å². The molecule has 94 valence electrons. The van der Waals surface area contributed by atoms with Crippen LogP contribution in [0.15, 0.2) is 24.4 Å². The number of carbonyl (C=O) groups excluding carboxylic acids is 1. The standard InChI is InChI=1S/C11H9Cl2N3O2/c1-18-11(17)10-6-16(15-14-10)5-7-2-3-8(12)4-9(7)13/h2-4,6H,5H2,1H3. The first-order valence-corrected chi connectivity index (χ1v) is 5.78. The summed E-state index contributed by atoms with van der Waals surface area (Å²) in [5.74, 6) is -0.525. The first-order chi connectivity index (χ1) is 8.60. The summed E-state index contributed by atoms with van der Waals surface area (Å²) in [6.07, 6.45) is 1.50. The molecule has 0 aliphatic heterocycles. The molecule has 0 fully saturated rings. The average molecular weight is 286 g/mol. The van der Waals surface area contributed by atoms with Gasteiger partial charge in [0.05, 0.1) is 19.9 Å². The van der Waals surface area contributed by atoms with E-state index < -0.39 is 5.97 Å². The Balaban J connectivity index is 2.18. The maximum Gasteiger partial charge on any atom is 0.360 e. The van der Waals surface area contributed by atoms with Gasteiger partial charge >= 0.3 is 5.97 Å². The third kappa shape index (κ3) is 2.80. The molecule has 2 rings (SSSR count). The lowest BCUT2D eigenvalue weighted by molar-refractivity contribution is 0.0594. The predicted octanol–water partition coefficient (Wildman–Crippen LogP) is 2.42. The zero-order valence-electron chi connectivity index (χ0n) is 9.43. The molecule has 0 amide bonds. The second-order valence-corrected chi connectivity index (χ2v) is 4.37. The zero-order chi connectivity index (χ0) is 13.1. The number of rotatable bonds is 3. The minimum atomic E-state index is -0.525. The van der Waals surface area contributed by atoms with E-state index in [9.17, 15) is 4.79 Å². The molecule has 5 nitrogen and oxygen atoms in total. The largest absolute Gasteiger partial charge is 0.464 e. The molecule has 0 spiro atoms. The van der Waals surface area contributed by atoms with Gasteiger partial charge in [-0.3, -0.25) is 0 Å². The Bertz CT molecular complexity index is 583. The quantitative estimate of drug-likeness (QED) is 0.813. The summed E-state index contributed by atoms with van der Waals surface area (Å²) in [6.45, 7) is 0.403. The summed E-state index contributed by atoms with van der Waals surface area (Å²) in [6, 6.07) is 5.18. The molecule has 1 heterocycles. The Labute approximate surface area is 113 Å². The predicted molar refractivity (Wildman–Crippen MR) is 66.9 cm³/mol. The molecule has 0 aliphatic carbocycles. The summed E-state index contributed by atoms with van der Waals surface area (Å²) < 4.78 is 6.04. The van der Waals surface area contributed by atoms with E-state index in [2.05, 4.69) is 15.0 Å². The van der Waals surface area contributed by atoms with Crippen LogP contribution >= 0.6 is 23.2 Å². The summed E-state index contributed by atoms with van der Waals surface area (Å²) in [7, 11) is 1.29. The summed E-state index contributed by atoms with van der Waals surface area (Å²) >= 11 is 11.8. The maximum atomic E-state index is 11.2. The molecule has 0 radical (unpaired) electrons. The summed E-state index contributed by atoms with van der Waals surface area (Å²) in [5, 5.41) is 8.62. The Morgan fingerprint density at radius 3 is 2.89 bits per heavy atom. The number of carbonyl (C=O) groups is 1. The molecule has 0 aliphatic rings. The zero-order valence-corrected chi connectivity index (χ0v) is 10.9. The fourth-order valence-corrected chi connectivity index (χ4v) is 1.87. The fourth-order valence-electron chi connectivity index (χ4n) is 1.40. The Morgan fingerprint density at radius 2 is 2.22 bits per heavy atom. The van der Waals surface area contributed by atoms with Crippen molar-refractivity contribution in [3.63, 3.8) is 0 Å². The van der Waals surface area contributed by atoms with Crippen molar-refractivity contribution in [3.8, 4) is 0 Å². The number of esters is 1. The van der Waals surface area contributed by atoms with Crippen LogP contribution in [-0.4, -0.2) is 28.1 Å². The summed E-state index contributed by atoms with van der Waals surface area (Å²) in [4.78, 5) is 11.2. The van der Waals surface area contributed by atoms with Gasteiger partial charge in [0.25, 0.3) is 0 Å². The molecule has 0 unspecified atom stereocenters. The van der Waals surface area contributed by atoms with Crippen molar-refractivity contribution < 1.29 is 9.53 Å². The molecular formula is C11H9Cl2N3O2. The van der Waals surface area contributed by atoms with Crippen LogP contribution in [0.25, 0.3) is 0 Å². The number of nitrogens with zero attached hydrogens (tertiary/aromatic N) is 3. The van der Waals surface area contributed by atoms with Gasteiger partial charge in [-0.25, -0.2) is 9.48 Å². The van der Waals surface area contributed by atoms with Gasteiger partial charge in [0.1, 0.15) is 0 Å². The molecule has 0 saturated heterocycles. The fraction of sp³-hybridized carbons (Fsp3) is 0.182. The lowest BCUT2D eigenvalue weighted by atomic mass is 10.2. The highest BCUT2D eigenvalue weighted by atomic mass is 35.5.